The van der Waals surface area contributed by atoms with Crippen molar-refractivity contribution < 1.29 is 9.59 Å². The molecule has 0 saturated heterocycles. The Morgan fingerprint density at radius 2 is 1.63 bits per heavy atom. The molecule has 30 heavy (non-hydrogen) atoms. The van der Waals surface area contributed by atoms with Crippen LogP contribution in [0.15, 0.2) is 65.6 Å². The fourth-order valence-corrected chi connectivity index (χ4v) is 4.59. The smallest absolute Gasteiger partial charge is 0.261 e. The Morgan fingerprint density at radius 3 is 2.27 bits per heavy atom. The van der Waals surface area contributed by atoms with E-state index in [1.807, 2.05) is 0 Å². The summed E-state index contributed by atoms with van der Waals surface area (Å²) < 4.78 is 2.08. The fourth-order valence-electron chi connectivity index (χ4n) is 3.65. The second-order valence-electron chi connectivity index (χ2n) is 7.15. The van der Waals surface area contributed by atoms with Crippen molar-refractivity contribution in [2.75, 3.05) is 0 Å². The Hall–Kier alpha value is -2.90. The first-order chi connectivity index (χ1) is 14.5. The number of aromatic nitrogens is 1. The molecule has 2 aromatic heterocycles. The number of hydrogen-bond donors (Lipinski definition) is 2. The normalized spacial score (nSPS) is 18.2. The third kappa shape index (κ3) is 4.47. The Morgan fingerprint density at radius 1 is 0.933 bits per heavy atom. The van der Waals surface area contributed by atoms with Crippen LogP contribution in [0.2, 0.25) is 4.34 Å². The average molecular weight is 442 g/mol. The molecule has 4 rings (SSSR count). The molecular weight excluding hydrogens is 422 g/mol. The molecule has 0 bridgehead atoms. The summed E-state index contributed by atoms with van der Waals surface area (Å²) in [5, 5.41) is 6.05. The summed E-state index contributed by atoms with van der Waals surface area (Å²) in [6.07, 6.45) is 4.23. The van der Waals surface area contributed by atoms with Crippen molar-refractivity contribution in [2.45, 2.75) is 31.3 Å². The lowest BCUT2D eigenvalue weighted by Crippen LogP contribution is -2.48. The highest BCUT2D eigenvalue weighted by molar-refractivity contribution is 7.18. The van der Waals surface area contributed by atoms with Gasteiger partial charge in [-0.05, 0) is 61.7 Å². The summed E-state index contributed by atoms with van der Waals surface area (Å²) in [6.45, 7) is 0. The third-order valence-corrected chi connectivity index (χ3v) is 6.41. The lowest BCUT2D eigenvalue weighted by molar-refractivity contribution is 0.0894. The van der Waals surface area contributed by atoms with Gasteiger partial charge in [-0.3, -0.25) is 19.0 Å². The summed E-state index contributed by atoms with van der Waals surface area (Å²) in [6, 6.07) is 15.0. The summed E-state index contributed by atoms with van der Waals surface area (Å²) in [5.41, 5.74) is 1.06. The third-order valence-electron chi connectivity index (χ3n) is 5.18. The molecule has 0 spiro atoms. The zero-order valence-corrected chi connectivity index (χ0v) is 17.6. The number of nitrogens with zero attached hydrogens (tertiary/aromatic N) is 1. The van der Waals surface area contributed by atoms with Crippen LogP contribution in [0.1, 0.15) is 39.3 Å². The number of benzene rings is 1. The number of pyridine rings is 1. The maximum atomic E-state index is 12.7. The number of nitrogens with one attached hydrogen (secondary N) is 2. The number of hydrogen-bond acceptors (Lipinski definition) is 4. The predicted octanol–water partition coefficient (Wildman–Crippen LogP) is 3.63. The van der Waals surface area contributed by atoms with Crippen molar-refractivity contribution >= 4 is 34.8 Å². The molecule has 2 amide bonds. The van der Waals surface area contributed by atoms with E-state index in [0.29, 0.717) is 20.5 Å². The number of thiophene rings is 1. The molecule has 154 valence electrons. The highest BCUT2D eigenvalue weighted by Gasteiger charge is 2.30. The molecule has 8 heteroatoms. The van der Waals surface area contributed by atoms with Gasteiger partial charge in [0, 0.05) is 35.6 Å². The van der Waals surface area contributed by atoms with Gasteiger partial charge in [-0.1, -0.05) is 17.7 Å². The van der Waals surface area contributed by atoms with Crippen molar-refractivity contribution in [3.05, 3.63) is 85.9 Å². The van der Waals surface area contributed by atoms with E-state index in [1.165, 1.54) is 22.0 Å². The SMILES string of the molecule is O=C(N[C@@H]1CCC[C@H]1NC(=O)c1ccc(Cl)s1)c1ccc(-n2ccccc2=O)cc1. The summed E-state index contributed by atoms with van der Waals surface area (Å²) >= 11 is 7.14. The maximum absolute atomic E-state index is 12.7. The first-order valence-corrected chi connectivity index (χ1v) is 10.9. The Balaban J connectivity index is 1.41. The van der Waals surface area contributed by atoms with Crippen molar-refractivity contribution in [1.29, 1.82) is 0 Å². The number of carbonyl (C=O) groups excluding carboxylic acids is 2. The zero-order chi connectivity index (χ0) is 21.1. The Labute approximate surface area is 182 Å². The van der Waals surface area contributed by atoms with Gasteiger partial charge in [0.25, 0.3) is 17.4 Å². The van der Waals surface area contributed by atoms with E-state index >= 15 is 0 Å². The predicted molar refractivity (Wildman–Crippen MR) is 118 cm³/mol. The molecule has 0 radical (unpaired) electrons. The molecule has 2 N–H and O–H groups in total. The van der Waals surface area contributed by atoms with Gasteiger partial charge in [-0.15, -0.1) is 11.3 Å². The van der Waals surface area contributed by atoms with Crippen LogP contribution in [0.3, 0.4) is 0 Å². The van der Waals surface area contributed by atoms with Gasteiger partial charge in [0.1, 0.15) is 0 Å². The Kier molecular flexibility index (Phi) is 6.01. The monoisotopic (exact) mass is 441 g/mol. The van der Waals surface area contributed by atoms with Gasteiger partial charge in [-0.25, -0.2) is 0 Å². The van der Waals surface area contributed by atoms with Crippen molar-refractivity contribution in [3.63, 3.8) is 0 Å². The van der Waals surface area contributed by atoms with Crippen LogP contribution < -0.4 is 16.2 Å². The summed E-state index contributed by atoms with van der Waals surface area (Å²) in [5.74, 6) is -0.372. The minimum absolute atomic E-state index is 0.121. The van der Waals surface area contributed by atoms with Crippen LogP contribution in [-0.4, -0.2) is 28.5 Å². The molecule has 1 aliphatic rings. The molecule has 1 aromatic carbocycles. The van der Waals surface area contributed by atoms with Crippen LogP contribution in [0.4, 0.5) is 0 Å². The van der Waals surface area contributed by atoms with Crippen molar-refractivity contribution in [1.82, 2.24) is 15.2 Å². The number of carbonyl (C=O) groups is 2. The number of halogens is 1. The Bertz CT molecular complexity index is 1120. The van der Waals surface area contributed by atoms with Crippen molar-refractivity contribution in [2.24, 2.45) is 0 Å². The van der Waals surface area contributed by atoms with E-state index in [4.69, 9.17) is 11.6 Å². The first kappa shape index (κ1) is 20.4. The minimum atomic E-state index is -0.202. The highest BCUT2D eigenvalue weighted by atomic mass is 35.5. The van der Waals surface area contributed by atoms with Crippen molar-refractivity contribution in [3.8, 4) is 5.69 Å². The van der Waals surface area contributed by atoms with Crippen LogP contribution in [0.5, 0.6) is 0 Å². The summed E-state index contributed by atoms with van der Waals surface area (Å²) in [7, 11) is 0. The lowest BCUT2D eigenvalue weighted by Gasteiger charge is -2.22. The van der Waals surface area contributed by atoms with E-state index in [9.17, 15) is 14.4 Å². The molecule has 2 atom stereocenters. The molecule has 6 nitrogen and oxygen atoms in total. The second kappa shape index (κ2) is 8.85. The average Bonchev–Trinajstić information content (AvgIpc) is 3.37. The number of amides is 2. The molecule has 1 saturated carbocycles. The van der Waals surface area contributed by atoms with Gasteiger partial charge < -0.3 is 10.6 Å². The van der Waals surface area contributed by atoms with Crippen LogP contribution in [0.25, 0.3) is 5.69 Å². The van der Waals surface area contributed by atoms with E-state index < -0.39 is 0 Å². The van der Waals surface area contributed by atoms with Crippen LogP contribution in [-0.2, 0) is 0 Å². The quantitative estimate of drug-likeness (QED) is 0.634. The lowest BCUT2D eigenvalue weighted by atomic mass is 10.1. The molecule has 0 unspecified atom stereocenters. The van der Waals surface area contributed by atoms with E-state index in [2.05, 4.69) is 10.6 Å². The zero-order valence-electron chi connectivity index (χ0n) is 16.0. The van der Waals surface area contributed by atoms with E-state index in [-0.39, 0.29) is 29.5 Å². The van der Waals surface area contributed by atoms with Crippen LogP contribution in [0, 0.1) is 0 Å². The maximum Gasteiger partial charge on any atom is 0.261 e. The molecule has 0 aliphatic heterocycles. The second-order valence-corrected chi connectivity index (χ2v) is 8.87. The molecule has 3 aromatic rings. The topological polar surface area (TPSA) is 80.2 Å². The number of rotatable bonds is 5. The molecule has 1 aliphatic carbocycles. The van der Waals surface area contributed by atoms with Gasteiger partial charge in [-0.2, -0.15) is 0 Å². The van der Waals surface area contributed by atoms with Gasteiger partial charge in [0.05, 0.1) is 9.21 Å². The fraction of sp³-hybridized carbons (Fsp3) is 0.227. The molecular formula is C22H20ClN3O3S. The molecule has 2 heterocycles. The standard InChI is InChI=1S/C22H20ClN3O3S/c23-19-12-11-18(30-19)22(29)25-17-5-3-4-16(17)24-21(28)14-7-9-15(10-8-14)26-13-2-1-6-20(26)27/h1-2,6-13,16-17H,3-5H2,(H,24,28)(H,25,29)/t16-,17-/m1/s1. The highest BCUT2D eigenvalue weighted by Crippen LogP contribution is 2.24. The van der Waals surface area contributed by atoms with Gasteiger partial charge in [0.15, 0.2) is 0 Å². The van der Waals surface area contributed by atoms with E-state index in [1.54, 1.807) is 54.7 Å². The largest absolute Gasteiger partial charge is 0.347 e. The van der Waals surface area contributed by atoms with Crippen LogP contribution >= 0.6 is 22.9 Å². The minimum Gasteiger partial charge on any atom is -0.347 e. The first-order valence-electron chi connectivity index (χ1n) is 9.66. The summed E-state index contributed by atoms with van der Waals surface area (Å²) in [4.78, 5) is 37.6. The molecule has 1 fully saturated rings. The van der Waals surface area contributed by atoms with Gasteiger partial charge >= 0.3 is 0 Å². The van der Waals surface area contributed by atoms with E-state index in [0.717, 1.165) is 19.3 Å². The van der Waals surface area contributed by atoms with Gasteiger partial charge in [0.2, 0.25) is 0 Å².